The molecular weight excluding hydrogens is 420 g/mol. The van der Waals surface area contributed by atoms with Crippen molar-refractivity contribution in [3.05, 3.63) is 70.2 Å². The van der Waals surface area contributed by atoms with Gasteiger partial charge in [-0.1, -0.05) is 58.4 Å². The van der Waals surface area contributed by atoms with Gasteiger partial charge in [-0.15, -0.1) is 0 Å². The zero-order valence-corrected chi connectivity index (χ0v) is 17.7. The second kappa shape index (κ2) is 8.55. The number of carbonyl (C=O) groups is 2. The van der Waals surface area contributed by atoms with E-state index < -0.39 is 11.5 Å². The molecule has 0 aliphatic carbocycles. The molecule has 2 aromatic carbocycles. The normalized spacial score (nSPS) is 20.8. The second-order valence-corrected chi connectivity index (χ2v) is 8.58. The van der Waals surface area contributed by atoms with Crippen molar-refractivity contribution < 1.29 is 14.7 Å². The van der Waals surface area contributed by atoms with E-state index in [1.165, 1.54) is 4.90 Å². The largest absolute Gasteiger partial charge is 0.390 e. The lowest BCUT2D eigenvalue weighted by Crippen LogP contribution is -2.43. The summed E-state index contributed by atoms with van der Waals surface area (Å²) in [6, 6.07) is 17.4. The fraction of sp³-hybridized carbons (Fsp3) is 0.364. The van der Waals surface area contributed by atoms with Gasteiger partial charge >= 0.3 is 0 Å². The van der Waals surface area contributed by atoms with E-state index >= 15 is 0 Å². The van der Waals surface area contributed by atoms with Crippen LogP contribution in [0, 0.1) is 0 Å². The number of aliphatic hydroxyl groups is 1. The van der Waals surface area contributed by atoms with Gasteiger partial charge in [0.2, 0.25) is 11.8 Å². The number of likely N-dealkylation sites (tertiary alicyclic amines) is 1. The summed E-state index contributed by atoms with van der Waals surface area (Å²) in [5, 5.41) is 10.5. The zero-order chi connectivity index (χ0) is 20.3. The number of amides is 2. The van der Waals surface area contributed by atoms with Crippen LogP contribution in [0.4, 0.5) is 0 Å². The van der Waals surface area contributed by atoms with Crippen LogP contribution in [0.15, 0.2) is 59.1 Å². The molecule has 148 valence electrons. The number of imide groups is 1. The maximum atomic E-state index is 13.0. The van der Waals surface area contributed by atoms with Gasteiger partial charge in [0.05, 0.1) is 18.1 Å². The highest BCUT2D eigenvalue weighted by Gasteiger charge is 2.49. The number of aliphatic hydroxyl groups excluding tert-OH is 1. The van der Waals surface area contributed by atoms with Crippen molar-refractivity contribution >= 4 is 27.7 Å². The fourth-order valence-corrected chi connectivity index (χ4v) is 3.96. The Balaban J connectivity index is 1.62. The number of likely N-dealkylation sites (N-methyl/N-ethyl adjacent to an activating group) is 1. The second-order valence-electron chi connectivity index (χ2n) is 7.66. The lowest BCUT2D eigenvalue weighted by Gasteiger charge is -2.26. The van der Waals surface area contributed by atoms with Crippen LogP contribution in [0.5, 0.6) is 0 Å². The van der Waals surface area contributed by atoms with Gasteiger partial charge in [0.15, 0.2) is 0 Å². The smallest absolute Gasteiger partial charge is 0.240 e. The first-order valence-corrected chi connectivity index (χ1v) is 10.1. The lowest BCUT2D eigenvalue weighted by atomic mass is 9.81. The predicted molar refractivity (Wildman–Crippen MR) is 112 cm³/mol. The zero-order valence-electron chi connectivity index (χ0n) is 16.1. The van der Waals surface area contributed by atoms with Crippen LogP contribution in [-0.2, 0) is 21.5 Å². The first-order valence-electron chi connectivity index (χ1n) is 9.31. The van der Waals surface area contributed by atoms with Crippen molar-refractivity contribution in [3.8, 4) is 0 Å². The molecule has 1 fully saturated rings. The summed E-state index contributed by atoms with van der Waals surface area (Å²) in [6.07, 6.45) is -0.672. The van der Waals surface area contributed by atoms with Crippen LogP contribution in [0.25, 0.3) is 0 Å². The van der Waals surface area contributed by atoms with Gasteiger partial charge in [-0.2, -0.15) is 0 Å². The molecule has 2 unspecified atom stereocenters. The highest BCUT2D eigenvalue weighted by Crippen LogP contribution is 2.36. The van der Waals surface area contributed by atoms with Crippen LogP contribution < -0.4 is 0 Å². The van der Waals surface area contributed by atoms with Crippen LogP contribution in [0.3, 0.4) is 0 Å². The van der Waals surface area contributed by atoms with Gasteiger partial charge in [0.25, 0.3) is 0 Å². The quantitative estimate of drug-likeness (QED) is 0.666. The maximum Gasteiger partial charge on any atom is 0.240 e. The predicted octanol–water partition coefficient (Wildman–Crippen LogP) is 2.96. The van der Waals surface area contributed by atoms with Crippen LogP contribution >= 0.6 is 15.9 Å². The highest BCUT2D eigenvalue weighted by molar-refractivity contribution is 9.10. The Morgan fingerprint density at radius 3 is 2.43 bits per heavy atom. The summed E-state index contributed by atoms with van der Waals surface area (Å²) in [5.41, 5.74) is 1.08. The van der Waals surface area contributed by atoms with Gasteiger partial charge in [-0.25, -0.2) is 0 Å². The van der Waals surface area contributed by atoms with Gasteiger partial charge in [0.1, 0.15) is 0 Å². The third-order valence-corrected chi connectivity index (χ3v) is 5.74. The van der Waals surface area contributed by atoms with Crippen molar-refractivity contribution in [1.29, 1.82) is 0 Å². The van der Waals surface area contributed by atoms with Gasteiger partial charge in [-0.05, 0) is 37.2 Å². The molecule has 3 rings (SSSR count). The van der Waals surface area contributed by atoms with Gasteiger partial charge < -0.3 is 5.11 Å². The van der Waals surface area contributed by atoms with Crippen LogP contribution in [0.1, 0.15) is 24.5 Å². The van der Waals surface area contributed by atoms with Crippen LogP contribution in [-0.4, -0.2) is 53.0 Å². The molecule has 2 atom stereocenters. The summed E-state index contributed by atoms with van der Waals surface area (Å²) in [6.45, 7) is 2.88. The average molecular weight is 445 g/mol. The maximum absolute atomic E-state index is 13.0. The van der Waals surface area contributed by atoms with E-state index in [4.69, 9.17) is 0 Å². The summed E-state index contributed by atoms with van der Waals surface area (Å²) in [5.74, 6) is -0.482. The number of hydrogen-bond acceptors (Lipinski definition) is 4. The molecule has 1 aliphatic heterocycles. The average Bonchev–Trinajstić information content (AvgIpc) is 2.87. The minimum absolute atomic E-state index is 0.0168. The standard InChI is InChI=1S/C22H25BrN2O3/c1-22(17-8-10-18(23)11-9-17)12-20(27)25(21(22)28)15-19(26)14-24(2)13-16-6-4-3-5-7-16/h3-11,19,26H,12-15H2,1-2H3. The number of rotatable bonds is 7. The molecule has 0 bridgehead atoms. The van der Waals surface area contributed by atoms with E-state index in [9.17, 15) is 14.7 Å². The molecule has 0 radical (unpaired) electrons. The Labute approximate surface area is 174 Å². The molecule has 6 heteroatoms. The van der Waals surface area contributed by atoms with Gasteiger partial charge in [-0.3, -0.25) is 19.4 Å². The molecule has 0 saturated carbocycles. The van der Waals surface area contributed by atoms with Crippen molar-refractivity contribution in [2.75, 3.05) is 20.1 Å². The van der Waals surface area contributed by atoms with Crippen molar-refractivity contribution in [1.82, 2.24) is 9.80 Å². The van der Waals surface area contributed by atoms with Crippen molar-refractivity contribution in [2.45, 2.75) is 31.4 Å². The van der Waals surface area contributed by atoms with E-state index in [1.54, 1.807) is 6.92 Å². The molecule has 2 amide bonds. The highest BCUT2D eigenvalue weighted by atomic mass is 79.9. The van der Waals surface area contributed by atoms with E-state index in [0.717, 1.165) is 15.6 Å². The van der Waals surface area contributed by atoms with Crippen molar-refractivity contribution in [3.63, 3.8) is 0 Å². The summed E-state index contributed by atoms with van der Waals surface area (Å²) >= 11 is 3.39. The molecule has 1 saturated heterocycles. The Morgan fingerprint density at radius 1 is 1.14 bits per heavy atom. The fourth-order valence-electron chi connectivity index (χ4n) is 3.70. The minimum atomic E-state index is -0.882. The van der Waals surface area contributed by atoms with E-state index in [0.29, 0.717) is 13.1 Å². The first kappa shape index (κ1) is 20.7. The van der Waals surface area contributed by atoms with E-state index in [-0.39, 0.29) is 24.8 Å². The van der Waals surface area contributed by atoms with Crippen molar-refractivity contribution in [2.24, 2.45) is 0 Å². The summed E-state index contributed by atoms with van der Waals surface area (Å²) < 4.78 is 0.922. The molecule has 1 heterocycles. The molecule has 28 heavy (non-hydrogen) atoms. The Kier molecular flexibility index (Phi) is 6.33. The number of benzene rings is 2. The Morgan fingerprint density at radius 2 is 1.79 bits per heavy atom. The SMILES string of the molecule is CN(Cc1ccccc1)CC(O)CN1C(=O)CC(C)(c2ccc(Br)cc2)C1=O. The summed E-state index contributed by atoms with van der Waals surface area (Å²) in [4.78, 5) is 28.7. The number of β-amino-alcohol motifs (C(OH)–C–C–N with tert-alkyl or cyclic N) is 1. The number of hydrogen-bond donors (Lipinski definition) is 1. The van der Waals surface area contributed by atoms with E-state index in [2.05, 4.69) is 15.9 Å². The topological polar surface area (TPSA) is 60.9 Å². The number of nitrogens with zero attached hydrogens (tertiary/aromatic N) is 2. The monoisotopic (exact) mass is 444 g/mol. The summed E-state index contributed by atoms with van der Waals surface area (Å²) in [7, 11) is 1.91. The van der Waals surface area contributed by atoms with Gasteiger partial charge in [0, 0.05) is 24.0 Å². The Bertz CT molecular complexity index is 841. The molecule has 1 N–H and O–H groups in total. The number of halogens is 1. The first-order chi connectivity index (χ1) is 13.3. The van der Waals surface area contributed by atoms with Crippen LogP contribution in [0.2, 0.25) is 0 Å². The molecule has 0 aromatic heterocycles. The number of carbonyl (C=O) groups excluding carboxylic acids is 2. The third-order valence-electron chi connectivity index (χ3n) is 5.22. The Hall–Kier alpha value is -2.02. The lowest BCUT2D eigenvalue weighted by molar-refractivity contribution is -0.141. The molecule has 1 aliphatic rings. The van der Waals surface area contributed by atoms with E-state index in [1.807, 2.05) is 66.5 Å². The minimum Gasteiger partial charge on any atom is -0.390 e. The molecule has 2 aromatic rings. The third kappa shape index (κ3) is 4.51. The molecular formula is C22H25BrN2O3. The molecule has 5 nitrogen and oxygen atoms in total. The molecule has 0 spiro atoms.